The van der Waals surface area contributed by atoms with E-state index in [1.807, 2.05) is 6.20 Å². The van der Waals surface area contributed by atoms with Gasteiger partial charge >= 0.3 is 0 Å². The second-order valence-electron chi connectivity index (χ2n) is 5.62. The molecule has 0 amide bonds. The maximum atomic E-state index is 4.58. The molecule has 2 aromatic rings. The van der Waals surface area contributed by atoms with Crippen molar-refractivity contribution in [3.05, 3.63) is 30.5 Å². The molecule has 2 atom stereocenters. The van der Waals surface area contributed by atoms with Crippen molar-refractivity contribution < 1.29 is 0 Å². The van der Waals surface area contributed by atoms with Crippen LogP contribution in [-0.2, 0) is 0 Å². The maximum Gasteiger partial charge on any atom is 0.0685 e. The van der Waals surface area contributed by atoms with E-state index in [9.17, 15) is 0 Å². The van der Waals surface area contributed by atoms with Crippen LogP contribution in [0.1, 0.15) is 32.7 Å². The van der Waals surface area contributed by atoms with Gasteiger partial charge in [-0.2, -0.15) is 5.10 Å². The van der Waals surface area contributed by atoms with Gasteiger partial charge in [-0.05, 0) is 24.8 Å². The summed E-state index contributed by atoms with van der Waals surface area (Å²) in [5.41, 5.74) is 1.27. The van der Waals surface area contributed by atoms with Crippen molar-refractivity contribution in [2.75, 3.05) is 6.54 Å². The Morgan fingerprint density at radius 1 is 1.33 bits per heavy atom. The summed E-state index contributed by atoms with van der Waals surface area (Å²) in [6.07, 6.45) is 4.56. The molecular weight excluding hydrogens is 222 g/mol. The SMILES string of the molecule is CC(C)NCC1CCC1n1ncc2ccccc21. The molecule has 1 aliphatic carbocycles. The van der Waals surface area contributed by atoms with Crippen LogP contribution in [0.3, 0.4) is 0 Å². The summed E-state index contributed by atoms with van der Waals surface area (Å²) in [4.78, 5) is 0. The molecule has 1 aromatic carbocycles. The Hall–Kier alpha value is -1.35. The third-order valence-electron chi connectivity index (χ3n) is 3.98. The molecule has 0 radical (unpaired) electrons. The highest BCUT2D eigenvalue weighted by Crippen LogP contribution is 2.39. The average molecular weight is 243 g/mol. The van der Waals surface area contributed by atoms with Crippen molar-refractivity contribution in [2.45, 2.75) is 38.8 Å². The molecule has 0 aliphatic heterocycles. The minimum absolute atomic E-state index is 0.570. The number of benzene rings is 1. The third kappa shape index (κ3) is 2.03. The molecule has 18 heavy (non-hydrogen) atoms. The standard InChI is InChI=1S/C15H21N3/c1-11(2)16-9-13-7-8-15(13)18-14-6-4-3-5-12(14)10-17-18/h3-6,10-11,13,15-16H,7-9H2,1-2H3. The molecule has 1 heterocycles. The van der Waals surface area contributed by atoms with Gasteiger partial charge in [0.05, 0.1) is 17.8 Å². The zero-order chi connectivity index (χ0) is 12.5. The molecule has 3 rings (SSSR count). The lowest BCUT2D eigenvalue weighted by Gasteiger charge is -2.37. The van der Waals surface area contributed by atoms with E-state index in [0.29, 0.717) is 12.1 Å². The fourth-order valence-corrected chi connectivity index (χ4v) is 2.75. The van der Waals surface area contributed by atoms with Crippen LogP contribution in [-0.4, -0.2) is 22.4 Å². The van der Waals surface area contributed by atoms with Gasteiger partial charge in [0.25, 0.3) is 0 Å². The van der Waals surface area contributed by atoms with Crippen LogP contribution in [0.4, 0.5) is 0 Å². The van der Waals surface area contributed by atoms with Gasteiger partial charge in [0, 0.05) is 18.0 Å². The molecule has 1 saturated carbocycles. The van der Waals surface area contributed by atoms with Gasteiger partial charge in [-0.15, -0.1) is 0 Å². The summed E-state index contributed by atoms with van der Waals surface area (Å²) in [7, 11) is 0. The number of nitrogens with zero attached hydrogens (tertiary/aromatic N) is 2. The largest absolute Gasteiger partial charge is 0.314 e. The average Bonchev–Trinajstić information content (AvgIpc) is 2.72. The number of hydrogen-bond donors (Lipinski definition) is 1. The Morgan fingerprint density at radius 3 is 2.89 bits per heavy atom. The zero-order valence-corrected chi connectivity index (χ0v) is 11.1. The molecular formula is C15H21N3. The summed E-state index contributed by atoms with van der Waals surface area (Å²) in [5, 5.41) is 9.38. The first-order valence-electron chi connectivity index (χ1n) is 6.91. The first-order chi connectivity index (χ1) is 8.75. The van der Waals surface area contributed by atoms with Crippen molar-refractivity contribution in [2.24, 2.45) is 5.92 Å². The van der Waals surface area contributed by atoms with Crippen LogP contribution >= 0.6 is 0 Å². The van der Waals surface area contributed by atoms with Crippen LogP contribution in [0.2, 0.25) is 0 Å². The number of fused-ring (bicyclic) bond motifs is 1. The first-order valence-corrected chi connectivity index (χ1v) is 6.91. The smallest absolute Gasteiger partial charge is 0.0685 e. The minimum Gasteiger partial charge on any atom is -0.314 e. The fraction of sp³-hybridized carbons (Fsp3) is 0.533. The number of aromatic nitrogens is 2. The van der Waals surface area contributed by atoms with Gasteiger partial charge in [0.1, 0.15) is 0 Å². The highest BCUT2D eigenvalue weighted by atomic mass is 15.3. The summed E-state index contributed by atoms with van der Waals surface area (Å²) in [6, 6.07) is 9.64. The van der Waals surface area contributed by atoms with Gasteiger partial charge in [0.2, 0.25) is 0 Å². The Labute approximate surface area is 108 Å². The number of rotatable bonds is 4. The lowest BCUT2D eigenvalue weighted by molar-refractivity contribution is 0.165. The second-order valence-corrected chi connectivity index (χ2v) is 5.62. The summed E-state index contributed by atoms with van der Waals surface area (Å²) in [5.74, 6) is 0.732. The molecule has 1 aliphatic rings. The minimum atomic E-state index is 0.570. The van der Waals surface area contributed by atoms with Crippen molar-refractivity contribution in [1.82, 2.24) is 15.1 Å². The van der Waals surface area contributed by atoms with Crippen molar-refractivity contribution in [3.8, 4) is 0 Å². The number of nitrogens with one attached hydrogen (secondary N) is 1. The van der Waals surface area contributed by atoms with Crippen molar-refractivity contribution >= 4 is 10.9 Å². The topological polar surface area (TPSA) is 29.9 Å². The lowest BCUT2D eigenvalue weighted by atomic mass is 9.79. The molecule has 2 unspecified atom stereocenters. The zero-order valence-electron chi connectivity index (χ0n) is 11.1. The van der Waals surface area contributed by atoms with Gasteiger partial charge < -0.3 is 5.32 Å². The molecule has 0 saturated heterocycles. The summed E-state index contributed by atoms with van der Waals surface area (Å²) in [6.45, 7) is 5.52. The van der Waals surface area contributed by atoms with Crippen LogP contribution in [0, 0.1) is 5.92 Å². The Kier molecular flexibility index (Phi) is 3.08. The lowest BCUT2D eigenvalue weighted by Crippen LogP contribution is -2.39. The van der Waals surface area contributed by atoms with Crippen LogP contribution in [0.15, 0.2) is 30.5 Å². The van der Waals surface area contributed by atoms with E-state index in [4.69, 9.17) is 0 Å². The van der Waals surface area contributed by atoms with Crippen molar-refractivity contribution in [1.29, 1.82) is 0 Å². The van der Waals surface area contributed by atoms with Gasteiger partial charge in [-0.25, -0.2) is 0 Å². The van der Waals surface area contributed by atoms with E-state index < -0.39 is 0 Å². The van der Waals surface area contributed by atoms with Crippen LogP contribution in [0.5, 0.6) is 0 Å². The Bertz CT molecular complexity index is 529. The van der Waals surface area contributed by atoms with Crippen LogP contribution in [0.25, 0.3) is 10.9 Å². The third-order valence-corrected chi connectivity index (χ3v) is 3.98. The molecule has 1 N–H and O–H groups in total. The highest BCUT2D eigenvalue weighted by molar-refractivity contribution is 5.78. The Morgan fingerprint density at radius 2 is 2.17 bits per heavy atom. The normalized spacial score (nSPS) is 23.5. The van der Waals surface area contributed by atoms with Crippen LogP contribution < -0.4 is 5.32 Å². The van der Waals surface area contributed by atoms with E-state index in [1.54, 1.807) is 0 Å². The first kappa shape index (κ1) is 11.7. The van der Waals surface area contributed by atoms with E-state index in [-0.39, 0.29) is 0 Å². The fourth-order valence-electron chi connectivity index (χ4n) is 2.75. The van der Waals surface area contributed by atoms with E-state index in [0.717, 1.165) is 12.5 Å². The molecule has 3 nitrogen and oxygen atoms in total. The summed E-state index contributed by atoms with van der Waals surface area (Å²) < 4.78 is 2.23. The van der Waals surface area contributed by atoms with Gasteiger partial charge in [-0.3, -0.25) is 4.68 Å². The van der Waals surface area contributed by atoms with E-state index in [1.165, 1.54) is 23.7 Å². The van der Waals surface area contributed by atoms with Gasteiger partial charge in [0.15, 0.2) is 0 Å². The predicted molar refractivity (Wildman–Crippen MR) is 74.6 cm³/mol. The molecule has 1 fully saturated rings. The molecule has 96 valence electrons. The monoisotopic (exact) mass is 243 g/mol. The number of hydrogen-bond acceptors (Lipinski definition) is 2. The summed E-state index contributed by atoms with van der Waals surface area (Å²) >= 11 is 0. The predicted octanol–water partition coefficient (Wildman–Crippen LogP) is 2.99. The molecule has 0 spiro atoms. The van der Waals surface area contributed by atoms with Gasteiger partial charge in [-0.1, -0.05) is 32.0 Å². The molecule has 3 heteroatoms. The maximum absolute atomic E-state index is 4.58. The number of para-hydroxylation sites is 1. The Balaban J connectivity index is 1.78. The van der Waals surface area contributed by atoms with E-state index in [2.05, 4.69) is 53.2 Å². The highest BCUT2D eigenvalue weighted by Gasteiger charge is 2.33. The second kappa shape index (κ2) is 4.73. The van der Waals surface area contributed by atoms with Crippen molar-refractivity contribution in [3.63, 3.8) is 0 Å². The molecule has 0 bridgehead atoms. The molecule has 1 aromatic heterocycles. The quantitative estimate of drug-likeness (QED) is 0.894. The van der Waals surface area contributed by atoms with E-state index >= 15 is 0 Å².